The van der Waals surface area contributed by atoms with E-state index in [1.54, 1.807) is 7.05 Å². The normalized spacial score (nSPS) is 10.6. The number of rotatable bonds is 4. The molecular formula is C10H14N6OS. The minimum atomic E-state index is -0.247. The van der Waals surface area contributed by atoms with E-state index in [1.165, 1.54) is 10.9 Å². The van der Waals surface area contributed by atoms with E-state index < -0.39 is 0 Å². The summed E-state index contributed by atoms with van der Waals surface area (Å²) in [5.41, 5.74) is 6.87. The van der Waals surface area contributed by atoms with Crippen LogP contribution in [0, 0.1) is 0 Å². The molecule has 18 heavy (non-hydrogen) atoms. The van der Waals surface area contributed by atoms with Crippen LogP contribution < -0.4 is 11.1 Å². The molecule has 0 saturated carbocycles. The van der Waals surface area contributed by atoms with Crippen molar-refractivity contribution in [3.63, 3.8) is 0 Å². The second-order valence-corrected chi connectivity index (χ2v) is 4.58. The van der Waals surface area contributed by atoms with Gasteiger partial charge in [-0.1, -0.05) is 17.8 Å². The highest BCUT2D eigenvalue weighted by Crippen LogP contribution is 2.19. The van der Waals surface area contributed by atoms with Gasteiger partial charge in [0.1, 0.15) is 4.88 Å². The van der Waals surface area contributed by atoms with Gasteiger partial charge >= 0.3 is 0 Å². The fraction of sp³-hybridized carbons (Fsp3) is 0.400. The van der Waals surface area contributed by atoms with Crippen LogP contribution in [0.4, 0.5) is 11.5 Å². The standard InChI is InChI=1S/C10H14N6OS/c1-3-4-7-8(18-15-14-7)10(17)13-9-6(11)5-12-16(9)2/h5H,3-4,11H2,1-2H3,(H,13,17). The molecule has 0 bridgehead atoms. The van der Waals surface area contributed by atoms with Crippen molar-refractivity contribution in [1.82, 2.24) is 19.4 Å². The lowest BCUT2D eigenvalue weighted by Gasteiger charge is -2.05. The van der Waals surface area contributed by atoms with Crippen LogP contribution in [-0.4, -0.2) is 25.3 Å². The van der Waals surface area contributed by atoms with E-state index in [1.807, 2.05) is 6.92 Å². The first-order valence-corrected chi connectivity index (χ1v) is 6.30. The maximum Gasteiger partial charge on any atom is 0.270 e. The monoisotopic (exact) mass is 266 g/mol. The number of nitrogens with one attached hydrogen (secondary N) is 1. The SMILES string of the molecule is CCCc1nnsc1C(=O)Nc1c(N)cnn1C. The van der Waals surface area contributed by atoms with E-state index in [4.69, 9.17) is 5.73 Å². The summed E-state index contributed by atoms with van der Waals surface area (Å²) in [7, 11) is 1.71. The highest BCUT2D eigenvalue weighted by Gasteiger charge is 2.18. The van der Waals surface area contributed by atoms with Gasteiger partial charge in [-0.3, -0.25) is 9.48 Å². The molecule has 0 spiro atoms. The van der Waals surface area contributed by atoms with Gasteiger partial charge in [-0.25, -0.2) is 0 Å². The van der Waals surface area contributed by atoms with Crippen molar-refractivity contribution in [2.75, 3.05) is 11.1 Å². The molecule has 96 valence electrons. The van der Waals surface area contributed by atoms with E-state index in [0.717, 1.165) is 30.1 Å². The average Bonchev–Trinajstić information content (AvgIpc) is 2.91. The summed E-state index contributed by atoms with van der Waals surface area (Å²) < 4.78 is 5.33. The number of aromatic nitrogens is 4. The van der Waals surface area contributed by atoms with Crippen LogP contribution in [0.1, 0.15) is 28.7 Å². The van der Waals surface area contributed by atoms with Gasteiger partial charge in [-0.05, 0) is 18.0 Å². The van der Waals surface area contributed by atoms with E-state index in [2.05, 4.69) is 20.0 Å². The smallest absolute Gasteiger partial charge is 0.270 e. The fourth-order valence-corrected chi connectivity index (χ4v) is 2.16. The molecule has 8 heteroatoms. The summed E-state index contributed by atoms with van der Waals surface area (Å²) in [4.78, 5) is 12.6. The molecule has 1 amide bonds. The van der Waals surface area contributed by atoms with Gasteiger partial charge in [0.25, 0.3) is 5.91 Å². The molecule has 2 aromatic rings. The van der Waals surface area contributed by atoms with Crippen LogP contribution in [0.2, 0.25) is 0 Å². The van der Waals surface area contributed by atoms with Crippen molar-refractivity contribution in [1.29, 1.82) is 0 Å². The summed E-state index contributed by atoms with van der Waals surface area (Å²) in [6, 6.07) is 0. The summed E-state index contributed by atoms with van der Waals surface area (Å²) in [5, 5.41) is 10.6. The molecule has 0 saturated heterocycles. The molecule has 2 rings (SSSR count). The quantitative estimate of drug-likeness (QED) is 0.862. The Labute approximate surface area is 108 Å². The minimum Gasteiger partial charge on any atom is -0.394 e. The van der Waals surface area contributed by atoms with E-state index in [9.17, 15) is 4.79 Å². The van der Waals surface area contributed by atoms with Crippen LogP contribution in [-0.2, 0) is 13.5 Å². The van der Waals surface area contributed by atoms with Crippen molar-refractivity contribution in [3.05, 3.63) is 16.8 Å². The Balaban J connectivity index is 2.20. The molecule has 2 aromatic heterocycles. The molecule has 0 atom stereocenters. The van der Waals surface area contributed by atoms with Crippen molar-refractivity contribution >= 4 is 28.9 Å². The average molecular weight is 266 g/mol. The lowest BCUT2D eigenvalue weighted by atomic mass is 10.2. The third kappa shape index (κ3) is 2.33. The predicted molar refractivity (Wildman–Crippen MR) is 69.5 cm³/mol. The van der Waals surface area contributed by atoms with Crippen LogP contribution in [0.5, 0.6) is 0 Å². The summed E-state index contributed by atoms with van der Waals surface area (Å²) in [5.74, 6) is 0.236. The Morgan fingerprint density at radius 3 is 3.00 bits per heavy atom. The maximum absolute atomic E-state index is 12.1. The van der Waals surface area contributed by atoms with Crippen LogP contribution in [0.3, 0.4) is 0 Å². The van der Waals surface area contributed by atoms with E-state index in [0.29, 0.717) is 16.4 Å². The minimum absolute atomic E-state index is 0.247. The largest absolute Gasteiger partial charge is 0.394 e. The Hall–Kier alpha value is -1.96. The number of hydrogen-bond donors (Lipinski definition) is 2. The van der Waals surface area contributed by atoms with E-state index in [-0.39, 0.29) is 5.91 Å². The van der Waals surface area contributed by atoms with Crippen molar-refractivity contribution in [2.45, 2.75) is 19.8 Å². The second kappa shape index (κ2) is 5.13. The number of nitrogen functional groups attached to an aromatic ring is 1. The number of nitrogens with zero attached hydrogens (tertiary/aromatic N) is 4. The molecule has 7 nitrogen and oxygen atoms in total. The number of hydrogen-bond acceptors (Lipinski definition) is 6. The van der Waals surface area contributed by atoms with Crippen LogP contribution >= 0.6 is 11.5 Å². The Morgan fingerprint density at radius 2 is 2.39 bits per heavy atom. The van der Waals surface area contributed by atoms with Crippen molar-refractivity contribution in [3.8, 4) is 0 Å². The van der Waals surface area contributed by atoms with Gasteiger partial charge in [0.15, 0.2) is 5.82 Å². The first-order valence-electron chi connectivity index (χ1n) is 5.53. The summed E-state index contributed by atoms with van der Waals surface area (Å²) in [6.45, 7) is 2.03. The number of carbonyl (C=O) groups excluding carboxylic acids is 1. The number of aryl methyl sites for hydroxylation is 2. The number of carbonyl (C=O) groups is 1. The van der Waals surface area contributed by atoms with Gasteiger partial charge in [0, 0.05) is 7.05 Å². The summed E-state index contributed by atoms with van der Waals surface area (Å²) in [6.07, 6.45) is 3.15. The lowest BCUT2D eigenvalue weighted by Crippen LogP contribution is -2.16. The molecule has 0 aliphatic rings. The topological polar surface area (TPSA) is 98.7 Å². The predicted octanol–water partition coefficient (Wildman–Crippen LogP) is 1.06. The third-order valence-electron chi connectivity index (χ3n) is 2.45. The number of nitrogens with two attached hydrogens (primary N) is 1. The third-order valence-corrected chi connectivity index (χ3v) is 3.21. The zero-order valence-corrected chi connectivity index (χ0v) is 11.0. The summed E-state index contributed by atoms with van der Waals surface area (Å²) >= 11 is 1.09. The molecule has 0 unspecified atom stereocenters. The van der Waals surface area contributed by atoms with Gasteiger partial charge in [0.05, 0.1) is 17.6 Å². The van der Waals surface area contributed by atoms with Gasteiger partial charge in [-0.15, -0.1) is 5.10 Å². The Kier molecular flexibility index (Phi) is 3.56. The zero-order chi connectivity index (χ0) is 13.1. The highest BCUT2D eigenvalue weighted by atomic mass is 32.1. The molecular weight excluding hydrogens is 252 g/mol. The van der Waals surface area contributed by atoms with E-state index >= 15 is 0 Å². The molecule has 0 aliphatic heterocycles. The van der Waals surface area contributed by atoms with Gasteiger partial charge in [-0.2, -0.15) is 5.10 Å². The van der Waals surface area contributed by atoms with Crippen LogP contribution in [0.25, 0.3) is 0 Å². The first-order chi connectivity index (χ1) is 8.63. The molecule has 0 aromatic carbocycles. The molecule has 3 N–H and O–H groups in total. The number of anilines is 2. The maximum atomic E-state index is 12.1. The highest BCUT2D eigenvalue weighted by molar-refractivity contribution is 7.08. The van der Waals surface area contributed by atoms with Gasteiger partial charge < -0.3 is 11.1 Å². The Bertz CT molecular complexity index is 541. The molecule has 0 fully saturated rings. The first kappa shape index (κ1) is 12.5. The second-order valence-electron chi connectivity index (χ2n) is 3.83. The van der Waals surface area contributed by atoms with Gasteiger partial charge in [0.2, 0.25) is 0 Å². The molecule has 0 aliphatic carbocycles. The Morgan fingerprint density at radius 1 is 1.61 bits per heavy atom. The zero-order valence-electron chi connectivity index (χ0n) is 10.2. The van der Waals surface area contributed by atoms with Crippen LogP contribution in [0.15, 0.2) is 6.20 Å². The molecule has 2 heterocycles. The molecule has 0 radical (unpaired) electrons. The lowest BCUT2D eigenvalue weighted by molar-refractivity contribution is 0.102. The van der Waals surface area contributed by atoms with Crippen molar-refractivity contribution in [2.24, 2.45) is 7.05 Å². The fourth-order valence-electron chi connectivity index (χ4n) is 1.55. The number of amides is 1. The van der Waals surface area contributed by atoms with Crippen molar-refractivity contribution < 1.29 is 4.79 Å².